The van der Waals surface area contributed by atoms with Gasteiger partial charge in [-0.2, -0.15) is 0 Å². The molecule has 2 saturated heterocycles. The summed E-state index contributed by atoms with van der Waals surface area (Å²) < 4.78 is 5.69. The van der Waals surface area contributed by atoms with Crippen molar-refractivity contribution in [2.45, 2.75) is 29.6 Å². The van der Waals surface area contributed by atoms with Crippen molar-refractivity contribution in [1.29, 1.82) is 0 Å². The zero-order valence-electron chi connectivity index (χ0n) is 18.3. The Morgan fingerprint density at radius 1 is 1.10 bits per heavy atom. The molecule has 2 heterocycles. The molecule has 4 nitrogen and oxygen atoms in total. The summed E-state index contributed by atoms with van der Waals surface area (Å²) in [5, 5.41) is 3.73. The van der Waals surface area contributed by atoms with Crippen molar-refractivity contribution >= 4 is 41.7 Å². The van der Waals surface area contributed by atoms with Gasteiger partial charge in [0.1, 0.15) is 0 Å². The lowest BCUT2D eigenvalue weighted by atomic mass is 9.74. The first-order valence-electron chi connectivity index (χ1n) is 11.1. The summed E-state index contributed by atoms with van der Waals surface area (Å²) in [5.74, 6) is 2.92. The molecule has 0 aliphatic carbocycles. The minimum atomic E-state index is 0. The van der Waals surface area contributed by atoms with Crippen LogP contribution in [0.5, 0.6) is 0 Å². The van der Waals surface area contributed by atoms with Crippen molar-refractivity contribution in [2.24, 2.45) is 10.9 Å². The fourth-order valence-electron chi connectivity index (χ4n) is 4.59. The van der Waals surface area contributed by atoms with Crippen LogP contribution in [-0.2, 0) is 10.2 Å². The van der Waals surface area contributed by atoms with Crippen LogP contribution in [-0.4, -0.2) is 56.5 Å². The first kappa shape index (κ1) is 24.4. The maximum absolute atomic E-state index is 5.69. The summed E-state index contributed by atoms with van der Waals surface area (Å²) in [6.07, 6.45) is 3.34. The van der Waals surface area contributed by atoms with E-state index in [0.29, 0.717) is 5.92 Å². The number of benzene rings is 2. The van der Waals surface area contributed by atoms with Gasteiger partial charge >= 0.3 is 0 Å². The molecular formula is C25H34IN3OS. The molecule has 0 bridgehead atoms. The molecule has 1 atom stereocenters. The van der Waals surface area contributed by atoms with Crippen LogP contribution in [0, 0.1) is 5.92 Å². The van der Waals surface area contributed by atoms with E-state index >= 15 is 0 Å². The summed E-state index contributed by atoms with van der Waals surface area (Å²) in [7, 11) is 1.91. The lowest BCUT2D eigenvalue weighted by Crippen LogP contribution is -2.48. The highest BCUT2D eigenvalue weighted by Crippen LogP contribution is 2.34. The fourth-order valence-corrected chi connectivity index (χ4v) is 5.64. The van der Waals surface area contributed by atoms with E-state index in [1.807, 2.05) is 18.8 Å². The Kier molecular flexibility index (Phi) is 9.53. The summed E-state index contributed by atoms with van der Waals surface area (Å²) >= 11 is 1.97. The summed E-state index contributed by atoms with van der Waals surface area (Å²) in [4.78, 5) is 8.43. The molecule has 1 N–H and O–H groups in total. The number of rotatable bonds is 6. The molecule has 6 heteroatoms. The van der Waals surface area contributed by atoms with Gasteiger partial charge in [-0.1, -0.05) is 48.5 Å². The molecule has 168 valence electrons. The lowest BCUT2D eigenvalue weighted by Gasteiger charge is -2.39. The standard InChI is InChI=1S/C25H33N3OS.HI/c1-26-24(28-15-12-21(18-28)19-30-23-10-6-3-7-11-23)27-20-25(13-16-29-17-14-25)22-8-4-2-5-9-22;/h2-11,21H,12-20H2,1H3,(H,26,27);1H. The van der Waals surface area contributed by atoms with Gasteiger partial charge in [0.15, 0.2) is 5.96 Å². The third-order valence-electron chi connectivity index (χ3n) is 6.45. The summed E-state index contributed by atoms with van der Waals surface area (Å²) in [6, 6.07) is 21.7. The van der Waals surface area contributed by atoms with Crippen LogP contribution < -0.4 is 5.32 Å². The van der Waals surface area contributed by atoms with E-state index in [0.717, 1.165) is 51.6 Å². The number of nitrogens with one attached hydrogen (secondary N) is 1. The van der Waals surface area contributed by atoms with Crippen LogP contribution in [0.3, 0.4) is 0 Å². The largest absolute Gasteiger partial charge is 0.381 e. The van der Waals surface area contributed by atoms with Crippen molar-refractivity contribution in [3.8, 4) is 0 Å². The van der Waals surface area contributed by atoms with Crippen LogP contribution in [0.2, 0.25) is 0 Å². The SMILES string of the molecule is CN=C(NCC1(c2ccccc2)CCOCC1)N1CCC(CSc2ccccc2)C1.I. The Labute approximate surface area is 208 Å². The normalized spacial score (nSPS) is 20.9. The van der Waals surface area contributed by atoms with Crippen molar-refractivity contribution in [2.75, 3.05) is 45.6 Å². The third-order valence-corrected chi connectivity index (χ3v) is 7.69. The maximum atomic E-state index is 5.69. The Morgan fingerprint density at radius 3 is 2.45 bits per heavy atom. The van der Waals surface area contributed by atoms with Crippen molar-refractivity contribution in [3.05, 3.63) is 66.2 Å². The van der Waals surface area contributed by atoms with Gasteiger partial charge in [-0.05, 0) is 42.9 Å². The van der Waals surface area contributed by atoms with Crippen LogP contribution in [0.4, 0.5) is 0 Å². The summed E-state index contributed by atoms with van der Waals surface area (Å²) in [5.41, 5.74) is 1.53. The van der Waals surface area contributed by atoms with Crippen LogP contribution >= 0.6 is 35.7 Å². The Hall–Kier alpha value is -1.25. The summed E-state index contributed by atoms with van der Waals surface area (Å²) in [6.45, 7) is 4.74. The van der Waals surface area contributed by atoms with E-state index in [1.54, 1.807) is 0 Å². The van der Waals surface area contributed by atoms with Gasteiger partial charge in [0.2, 0.25) is 0 Å². The highest BCUT2D eigenvalue weighted by molar-refractivity contribution is 14.0. The average Bonchev–Trinajstić information content (AvgIpc) is 3.29. The Bertz CT molecular complexity index is 812. The van der Waals surface area contributed by atoms with Gasteiger partial charge in [0, 0.05) is 56.0 Å². The number of hydrogen-bond donors (Lipinski definition) is 1. The molecule has 2 aliphatic heterocycles. The lowest BCUT2D eigenvalue weighted by molar-refractivity contribution is 0.0512. The fraction of sp³-hybridized carbons (Fsp3) is 0.480. The molecule has 4 rings (SSSR count). The quantitative estimate of drug-likeness (QED) is 0.236. The predicted octanol–water partition coefficient (Wildman–Crippen LogP) is 5.04. The van der Waals surface area contributed by atoms with E-state index in [1.165, 1.54) is 22.6 Å². The molecular weight excluding hydrogens is 517 g/mol. The third kappa shape index (κ3) is 6.39. The van der Waals surface area contributed by atoms with Crippen LogP contribution in [0.1, 0.15) is 24.8 Å². The van der Waals surface area contributed by atoms with Crippen molar-refractivity contribution in [3.63, 3.8) is 0 Å². The van der Waals surface area contributed by atoms with Crippen LogP contribution in [0.15, 0.2) is 70.6 Å². The smallest absolute Gasteiger partial charge is 0.193 e. The van der Waals surface area contributed by atoms with Gasteiger partial charge in [0.25, 0.3) is 0 Å². The number of ether oxygens (including phenoxy) is 1. The Balaban J connectivity index is 0.00000272. The molecule has 0 saturated carbocycles. The highest BCUT2D eigenvalue weighted by atomic mass is 127. The maximum Gasteiger partial charge on any atom is 0.193 e. The molecule has 31 heavy (non-hydrogen) atoms. The van der Waals surface area contributed by atoms with Crippen molar-refractivity contribution < 1.29 is 4.74 Å². The minimum Gasteiger partial charge on any atom is -0.381 e. The molecule has 0 amide bonds. The second-order valence-electron chi connectivity index (χ2n) is 8.38. The van der Waals surface area contributed by atoms with Gasteiger partial charge in [0.05, 0.1) is 0 Å². The Morgan fingerprint density at radius 2 is 1.77 bits per heavy atom. The molecule has 2 aromatic carbocycles. The van der Waals surface area contributed by atoms with Gasteiger partial charge in [-0.3, -0.25) is 4.99 Å². The monoisotopic (exact) mass is 551 g/mol. The molecule has 2 aliphatic rings. The van der Waals surface area contributed by atoms with Crippen molar-refractivity contribution in [1.82, 2.24) is 10.2 Å². The second-order valence-corrected chi connectivity index (χ2v) is 9.48. The molecule has 0 aromatic heterocycles. The minimum absolute atomic E-state index is 0. The second kappa shape index (κ2) is 12.1. The van der Waals surface area contributed by atoms with E-state index in [-0.39, 0.29) is 29.4 Å². The van der Waals surface area contributed by atoms with E-state index < -0.39 is 0 Å². The van der Waals surface area contributed by atoms with Gasteiger partial charge in [-0.25, -0.2) is 0 Å². The molecule has 2 fully saturated rings. The first-order chi connectivity index (χ1) is 14.8. The molecule has 0 radical (unpaired) electrons. The van der Waals surface area contributed by atoms with Gasteiger partial charge < -0.3 is 15.0 Å². The number of nitrogens with zero attached hydrogens (tertiary/aromatic N) is 2. The molecule has 1 unspecified atom stereocenters. The van der Waals surface area contributed by atoms with E-state index in [9.17, 15) is 0 Å². The van der Waals surface area contributed by atoms with E-state index in [4.69, 9.17) is 4.74 Å². The number of likely N-dealkylation sites (tertiary alicyclic amines) is 1. The van der Waals surface area contributed by atoms with Crippen LogP contribution in [0.25, 0.3) is 0 Å². The number of aliphatic imine (C=N–C) groups is 1. The zero-order chi connectivity index (χ0) is 20.7. The predicted molar refractivity (Wildman–Crippen MR) is 142 cm³/mol. The van der Waals surface area contributed by atoms with E-state index in [2.05, 4.69) is 75.9 Å². The number of guanidine groups is 1. The molecule has 2 aromatic rings. The number of halogens is 1. The topological polar surface area (TPSA) is 36.9 Å². The zero-order valence-corrected chi connectivity index (χ0v) is 21.5. The highest BCUT2D eigenvalue weighted by Gasteiger charge is 2.35. The number of thioether (sulfide) groups is 1. The first-order valence-corrected chi connectivity index (χ1v) is 12.0. The average molecular weight is 552 g/mol. The van der Waals surface area contributed by atoms with Gasteiger partial charge in [-0.15, -0.1) is 35.7 Å². The number of hydrogen-bond acceptors (Lipinski definition) is 3. The molecule has 0 spiro atoms.